The van der Waals surface area contributed by atoms with E-state index in [9.17, 15) is 9.65 Å². The molecule has 1 aliphatic rings. The molecule has 1 atom stereocenters. The van der Waals surface area contributed by atoms with Gasteiger partial charge in [-0.3, -0.25) is 0 Å². The zero-order valence-electron chi connectivity index (χ0n) is 18.6. The van der Waals surface area contributed by atoms with Crippen LogP contribution in [0.3, 0.4) is 0 Å². The van der Waals surface area contributed by atoms with E-state index < -0.39 is 0 Å². The maximum Gasteiger partial charge on any atom is 0.157 e. The van der Waals surface area contributed by atoms with E-state index in [2.05, 4.69) is 12.6 Å². The minimum Gasteiger partial charge on any atom is -0.380 e. The van der Waals surface area contributed by atoms with E-state index in [0.717, 1.165) is 36.0 Å². The van der Waals surface area contributed by atoms with Crippen molar-refractivity contribution in [2.24, 2.45) is 0 Å². The SMILES string of the molecule is C=C/C(F)=C\C=C(/C)C(CCC1OCCCO1)c1ccc(C#N)cc1COC.CC. The van der Waals surface area contributed by atoms with Crippen molar-refractivity contribution in [3.05, 3.63) is 71.1 Å². The van der Waals surface area contributed by atoms with Crippen LogP contribution in [0.25, 0.3) is 0 Å². The Morgan fingerprint density at radius 1 is 1.33 bits per heavy atom. The van der Waals surface area contributed by atoms with Crippen LogP contribution in [0, 0.1) is 11.3 Å². The number of ether oxygens (including phenoxy) is 3. The van der Waals surface area contributed by atoms with Gasteiger partial charge in [-0.05, 0) is 61.6 Å². The molecule has 1 unspecified atom stereocenters. The summed E-state index contributed by atoms with van der Waals surface area (Å²) in [6, 6.07) is 7.80. The lowest BCUT2D eigenvalue weighted by atomic mass is 9.84. The fourth-order valence-corrected chi connectivity index (χ4v) is 3.33. The van der Waals surface area contributed by atoms with Crippen molar-refractivity contribution in [2.45, 2.75) is 58.8 Å². The normalized spacial score (nSPS) is 16.3. The van der Waals surface area contributed by atoms with Gasteiger partial charge < -0.3 is 14.2 Å². The third kappa shape index (κ3) is 8.23. The van der Waals surface area contributed by atoms with Crippen molar-refractivity contribution in [3.63, 3.8) is 0 Å². The first kappa shape index (κ1) is 25.8. The maximum absolute atomic E-state index is 13.5. The highest BCUT2D eigenvalue weighted by Gasteiger charge is 2.21. The van der Waals surface area contributed by atoms with Gasteiger partial charge in [-0.1, -0.05) is 38.1 Å². The van der Waals surface area contributed by atoms with Gasteiger partial charge in [0.2, 0.25) is 0 Å². The number of rotatable bonds is 9. The third-order valence-electron chi connectivity index (χ3n) is 4.78. The summed E-state index contributed by atoms with van der Waals surface area (Å²) in [5, 5.41) is 9.22. The Morgan fingerprint density at radius 3 is 2.63 bits per heavy atom. The fourth-order valence-electron chi connectivity index (χ4n) is 3.33. The van der Waals surface area contributed by atoms with Crippen molar-refractivity contribution in [1.82, 2.24) is 0 Å². The molecule has 1 heterocycles. The summed E-state index contributed by atoms with van der Waals surface area (Å²) in [6.07, 6.45) is 6.59. The zero-order chi connectivity index (χ0) is 22.4. The van der Waals surface area contributed by atoms with Crippen LogP contribution >= 0.6 is 0 Å². The standard InChI is InChI=1S/C23H28FNO3.C2H6/c1-4-20(24)8-6-17(2)21(10-11-23-27-12-5-13-28-23)22-9-7-18(15-25)14-19(22)16-26-3;1-2/h4,6-9,14,21,23H,1,5,10-13,16H2,2-3H3;1-2H3/b17-6+,20-8+;. The van der Waals surface area contributed by atoms with Gasteiger partial charge in [-0.2, -0.15) is 5.26 Å². The molecule has 2 rings (SSSR count). The molecular weight excluding hydrogens is 381 g/mol. The van der Waals surface area contributed by atoms with Gasteiger partial charge >= 0.3 is 0 Å². The molecule has 0 N–H and O–H groups in total. The fraction of sp³-hybridized carbons (Fsp3) is 0.480. The van der Waals surface area contributed by atoms with E-state index in [1.54, 1.807) is 13.2 Å². The number of allylic oxidation sites excluding steroid dienone is 5. The largest absolute Gasteiger partial charge is 0.380 e. The summed E-state index contributed by atoms with van der Waals surface area (Å²) in [5.74, 6) is -0.352. The summed E-state index contributed by atoms with van der Waals surface area (Å²) in [7, 11) is 1.63. The summed E-state index contributed by atoms with van der Waals surface area (Å²) in [4.78, 5) is 0. The Bertz CT molecular complexity index is 758. The average Bonchev–Trinajstić information content (AvgIpc) is 2.80. The van der Waals surface area contributed by atoms with Crippen LogP contribution in [-0.4, -0.2) is 26.6 Å². The topological polar surface area (TPSA) is 51.5 Å². The minimum atomic E-state index is -0.381. The minimum absolute atomic E-state index is 0.0286. The van der Waals surface area contributed by atoms with Crippen molar-refractivity contribution in [1.29, 1.82) is 5.26 Å². The number of nitrogens with zero attached hydrogens (tertiary/aromatic N) is 1. The van der Waals surface area contributed by atoms with Crippen LogP contribution in [0.15, 0.2) is 54.4 Å². The number of hydrogen-bond donors (Lipinski definition) is 0. The molecule has 1 aliphatic heterocycles. The van der Waals surface area contributed by atoms with Gasteiger partial charge in [-0.25, -0.2) is 4.39 Å². The molecule has 1 fully saturated rings. The number of nitriles is 1. The van der Waals surface area contributed by atoms with Gasteiger partial charge in [0.15, 0.2) is 6.29 Å². The first-order chi connectivity index (χ1) is 14.6. The van der Waals surface area contributed by atoms with Crippen LogP contribution in [0.4, 0.5) is 4.39 Å². The molecule has 1 saturated heterocycles. The lowest BCUT2D eigenvalue weighted by Crippen LogP contribution is -2.25. The molecule has 4 nitrogen and oxygen atoms in total. The van der Waals surface area contributed by atoms with Gasteiger partial charge in [-0.15, -0.1) is 0 Å². The molecule has 0 amide bonds. The predicted octanol–water partition coefficient (Wildman–Crippen LogP) is 6.34. The molecule has 0 aromatic heterocycles. The molecule has 30 heavy (non-hydrogen) atoms. The van der Waals surface area contributed by atoms with Crippen LogP contribution in [0.5, 0.6) is 0 Å². The molecule has 0 bridgehead atoms. The number of hydrogen-bond acceptors (Lipinski definition) is 4. The lowest BCUT2D eigenvalue weighted by Gasteiger charge is -2.27. The van der Waals surface area contributed by atoms with E-state index in [0.29, 0.717) is 25.4 Å². The smallest absolute Gasteiger partial charge is 0.157 e. The van der Waals surface area contributed by atoms with E-state index in [1.165, 1.54) is 12.2 Å². The average molecular weight is 416 g/mol. The second-order valence-corrected chi connectivity index (χ2v) is 6.78. The second-order valence-electron chi connectivity index (χ2n) is 6.78. The molecule has 0 aliphatic carbocycles. The van der Waals surface area contributed by atoms with Gasteiger partial charge in [0.25, 0.3) is 0 Å². The quantitative estimate of drug-likeness (QED) is 0.441. The summed E-state index contributed by atoms with van der Waals surface area (Å²) in [6.45, 7) is 11.3. The second kappa shape index (κ2) is 14.7. The summed E-state index contributed by atoms with van der Waals surface area (Å²) >= 11 is 0. The van der Waals surface area contributed by atoms with E-state index >= 15 is 0 Å². The van der Waals surface area contributed by atoms with E-state index in [-0.39, 0.29) is 18.0 Å². The lowest BCUT2D eigenvalue weighted by molar-refractivity contribution is -0.181. The molecule has 0 saturated carbocycles. The molecule has 0 radical (unpaired) electrons. The Labute approximate surface area is 180 Å². The maximum atomic E-state index is 13.5. The molecule has 0 spiro atoms. The van der Waals surface area contributed by atoms with Crippen LogP contribution in [0.2, 0.25) is 0 Å². The molecule has 5 heteroatoms. The first-order valence-corrected chi connectivity index (χ1v) is 10.5. The summed E-state index contributed by atoms with van der Waals surface area (Å²) in [5.41, 5.74) is 3.62. The highest BCUT2D eigenvalue weighted by molar-refractivity contribution is 5.42. The third-order valence-corrected chi connectivity index (χ3v) is 4.78. The highest BCUT2D eigenvalue weighted by Crippen LogP contribution is 2.34. The monoisotopic (exact) mass is 415 g/mol. The Morgan fingerprint density at radius 2 is 2.03 bits per heavy atom. The number of halogens is 1. The first-order valence-electron chi connectivity index (χ1n) is 10.5. The molecular formula is C25H34FNO3. The van der Waals surface area contributed by atoms with Crippen LogP contribution < -0.4 is 0 Å². The highest BCUT2D eigenvalue weighted by atomic mass is 19.1. The predicted molar refractivity (Wildman–Crippen MR) is 119 cm³/mol. The van der Waals surface area contributed by atoms with Crippen molar-refractivity contribution in [2.75, 3.05) is 20.3 Å². The number of benzene rings is 1. The Kier molecular flexibility index (Phi) is 12.6. The Hall–Kier alpha value is -2.26. The van der Waals surface area contributed by atoms with E-state index in [4.69, 9.17) is 14.2 Å². The zero-order valence-corrected chi connectivity index (χ0v) is 18.6. The molecule has 164 valence electrons. The van der Waals surface area contributed by atoms with Crippen molar-refractivity contribution in [3.8, 4) is 6.07 Å². The van der Waals surface area contributed by atoms with E-state index in [1.807, 2.05) is 39.0 Å². The van der Waals surface area contributed by atoms with Gasteiger partial charge in [0.05, 0.1) is 31.5 Å². The summed E-state index contributed by atoms with van der Waals surface area (Å²) < 4.78 is 30.2. The Balaban J connectivity index is 0.00000218. The van der Waals surface area contributed by atoms with Crippen LogP contribution in [-0.2, 0) is 20.8 Å². The molecule has 1 aromatic carbocycles. The van der Waals surface area contributed by atoms with Gasteiger partial charge in [0, 0.05) is 13.0 Å². The molecule has 1 aromatic rings. The van der Waals surface area contributed by atoms with Crippen LogP contribution in [0.1, 0.15) is 62.6 Å². The van der Waals surface area contributed by atoms with Gasteiger partial charge in [0.1, 0.15) is 5.83 Å². The van der Waals surface area contributed by atoms with Crippen molar-refractivity contribution >= 4 is 0 Å². The number of methoxy groups -OCH3 is 1. The van der Waals surface area contributed by atoms with Crippen molar-refractivity contribution < 1.29 is 18.6 Å².